The molecule has 54 valence electrons. The van der Waals surface area contributed by atoms with Gasteiger partial charge in [-0.1, -0.05) is 20.4 Å². The first-order valence-corrected chi connectivity index (χ1v) is 3.26. The van der Waals surface area contributed by atoms with Crippen LogP contribution in [0.2, 0.25) is 0 Å². The molecular weight excluding hydrogens is 112 g/mol. The third kappa shape index (κ3) is 3.14. The third-order valence-corrected chi connectivity index (χ3v) is 1.28. The lowest BCUT2D eigenvalue weighted by Crippen LogP contribution is -2.41. The van der Waals surface area contributed by atoms with Crippen LogP contribution < -0.4 is 10.6 Å². The van der Waals surface area contributed by atoms with E-state index in [1.165, 1.54) is 0 Å². The zero-order valence-corrected chi connectivity index (χ0v) is 6.44. The van der Waals surface area contributed by atoms with Crippen molar-refractivity contribution in [1.82, 2.24) is 10.6 Å². The Morgan fingerprint density at radius 1 is 1.44 bits per heavy atom. The van der Waals surface area contributed by atoms with E-state index < -0.39 is 0 Å². The van der Waals surface area contributed by atoms with Crippen LogP contribution in [0.3, 0.4) is 0 Å². The predicted octanol–water partition coefficient (Wildman–Crippen LogP) is 0.921. The van der Waals surface area contributed by atoms with Crippen molar-refractivity contribution >= 4 is 0 Å². The molecule has 0 radical (unpaired) electrons. The van der Waals surface area contributed by atoms with E-state index in [9.17, 15) is 0 Å². The van der Waals surface area contributed by atoms with E-state index in [1.807, 2.05) is 7.05 Å². The second-order valence-corrected chi connectivity index (χ2v) is 2.38. The lowest BCUT2D eigenvalue weighted by Gasteiger charge is -2.19. The maximum absolute atomic E-state index is 3.58. The summed E-state index contributed by atoms with van der Waals surface area (Å²) in [5, 5.41) is 6.20. The SMILES string of the molecule is C=CNC(NC)C(C)C. The minimum atomic E-state index is 0.350. The quantitative estimate of drug-likeness (QED) is 0.550. The Morgan fingerprint density at radius 2 is 2.00 bits per heavy atom. The summed E-state index contributed by atoms with van der Waals surface area (Å²) in [5.74, 6) is 0.591. The van der Waals surface area contributed by atoms with E-state index in [4.69, 9.17) is 0 Å². The molecule has 2 N–H and O–H groups in total. The summed E-state index contributed by atoms with van der Waals surface area (Å²) in [7, 11) is 1.93. The van der Waals surface area contributed by atoms with Crippen LogP contribution in [0.4, 0.5) is 0 Å². The fourth-order valence-electron chi connectivity index (χ4n) is 0.736. The van der Waals surface area contributed by atoms with Gasteiger partial charge in [-0.05, 0) is 19.2 Å². The van der Waals surface area contributed by atoms with Crippen molar-refractivity contribution in [3.8, 4) is 0 Å². The van der Waals surface area contributed by atoms with Gasteiger partial charge in [0.15, 0.2) is 0 Å². The fourth-order valence-corrected chi connectivity index (χ4v) is 0.736. The minimum Gasteiger partial charge on any atom is -0.376 e. The van der Waals surface area contributed by atoms with Crippen LogP contribution in [0.5, 0.6) is 0 Å². The first-order valence-electron chi connectivity index (χ1n) is 3.26. The van der Waals surface area contributed by atoms with Gasteiger partial charge in [-0.3, -0.25) is 0 Å². The maximum Gasteiger partial charge on any atom is 0.0783 e. The largest absolute Gasteiger partial charge is 0.376 e. The molecule has 0 fully saturated rings. The van der Waals surface area contributed by atoms with Gasteiger partial charge in [0.25, 0.3) is 0 Å². The lowest BCUT2D eigenvalue weighted by molar-refractivity contribution is 0.392. The molecule has 2 nitrogen and oxygen atoms in total. The van der Waals surface area contributed by atoms with Crippen molar-refractivity contribution < 1.29 is 0 Å². The van der Waals surface area contributed by atoms with Crippen LogP contribution in [0.25, 0.3) is 0 Å². The summed E-state index contributed by atoms with van der Waals surface area (Å²) in [4.78, 5) is 0. The van der Waals surface area contributed by atoms with Crippen LogP contribution >= 0.6 is 0 Å². The standard InChI is InChI=1S/C7H16N2/c1-5-9-7(8-4)6(2)3/h5-9H,1H2,2-4H3. The highest BCUT2D eigenvalue weighted by Crippen LogP contribution is 1.95. The van der Waals surface area contributed by atoms with Crippen molar-refractivity contribution in [3.05, 3.63) is 12.8 Å². The summed E-state index contributed by atoms with van der Waals surface area (Å²) >= 11 is 0. The molecule has 0 aliphatic rings. The van der Waals surface area contributed by atoms with Gasteiger partial charge in [0.1, 0.15) is 0 Å². The normalized spacial score (nSPS) is 13.3. The van der Waals surface area contributed by atoms with E-state index in [-0.39, 0.29) is 0 Å². The van der Waals surface area contributed by atoms with Crippen molar-refractivity contribution in [3.63, 3.8) is 0 Å². The van der Waals surface area contributed by atoms with E-state index in [1.54, 1.807) is 6.20 Å². The van der Waals surface area contributed by atoms with E-state index in [0.717, 1.165) is 0 Å². The molecule has 0 aliphatic carbocycles. The third-order valence-electron chi connectivity index (χ3n) is 1.28. The molecule has 0 heterocycles. The minimum absolute atomic E-state index is 0.350. The molecule has 0 rings (SSSR count). The summed E-state index contributed by atoms with van der Waals surface area (Å²) in [5.41, 5.74) is 0. The highest BCUT2D eigenvalue weighted by Gasteiger charge is 2.05. The molecule has 0 amide bonds. The molecule has 0 aliphatic heterocycles. The molecular formula is C7H16N2. The Hall–Kier alpha value is -0.500. The zero-order valence-electron chi connectivity index (χ0n) is 6.44. The van der Waals surface area contributed by atoms with Gasteiger partial charge in [0, 0.05) is 0 Å². The van der Waals surface area contributed by atoms with Gasteiger partial charge in [-0.25, -0.2) is 0 Å². The first-order chi connectivity index (χ1) is 4.22. The van der Waals surface area contributed by atoms with Crippen LogP contribution in [-0.2, 0) is 0 Å². The van der Waals surface area contributed by atoms with Crippen LogP contribution in [0, 0.1) is 5.92 Å². The maximum atomic E-state index is 3.58. The zero-order chi connectivity index (χ0) is 7.28. The van der Waals surface area contributed by atoms with Crippen LogP contribution in [0.15, 0.2) is 12.8 Å². The van der Waals surface area contributed by atoms with Crippen molar-refractivity contribution in [2.45, 2.75) is 20.0 Å². The van der Waals surface area contributed by atoms with Crippen LogP contribution in [-0.4, -0.2) is 13.2 Å². The molecule has 0 bridgehead atoms. The molecule has 1 atom stereocenters. The molecule has 0 spiro atoms. The molecule has 0 saturated heterocycles. The number of nitrogens with one attached hydrogen (secondary N) is 2. The van der Waals surface area contributed by atoms with Crippen LogP contribution in [0.1, 0.15) is 13.8 Å². The number of hydrogen-bond donors (Lipinski definition) is 2. The Bertz CT molecular complexity index is 79.0. The molecule has 0 saturated carbocycles. The summed E-state index contributed by atoms with van der Waals surface area (Å²) in [6.45, 7) is 7.88. The number of hydrogen-bond acceptors (Lipinski definition) is 2. The summed E-state index contributed by atoms with van der Waals surface area (Å²) in [6, 6.07) is 0. The first kappa shape index (κ1) is 8.50. The van der Waals surface area contributed by atoms with Gasteiger partial charge in [-0.15, -0.1) is 0 Å². The molecule has 0 aromatic heterocycles. The molecule has 2 heteroatoms. The van der Waals surface area contributed by atoms with E-state index in [2.05, 4.69) is 31.1 Å². The van der Waals surface area contributed by atoms with E-state index >= 15 is 0 Å². The fraction of sp³-hybridized carbons (Fsp3) is 0.714. The average molecular weight is 128 g/mol. The molecule has 0 aromatic carbocycles. The topological polar surface area (TPSA) is 24.1 Å². The summed E-state index contributed by atoms with van der Waals surface area (Å²) in [6.07, 6.45) is 2.06. The smallest absolute Gasteiger partial charge is 0.0783 e. The number of rotatable bonds is 4. The Morgan fingerprint density at radius 3 is 2.11 bits per heavy atom. The highest BCUT2D eigenvalue weighted by atomic mass is 15.1. The van der Waals surface area contributed by atoms with Crippen molar-refractivity contribution in [2.75, 3.05) is 7.05 Å². The van der Waals surface area contributed by atoms with Gasteiger partial charge < -0.3 is 10.6 Å². The summed E-state index contributed by atoms with van der Waals surface area (Å²) < 4.78 is 0. The van der Waals surface area contributed by atoms with E-state index in [0.29, 0.717) is 12.1 Å². The Balaban J connectivity index is 3.53. The monoisotopic (exact) mass is 128 g/mol. The van der Waals surface area contributed by atoms with Gasteiger partial charge in [0.05, 0.1) is 6.17 Å². The second-order valence-electron chi connectivity index (χ2n) is 2.38. The Labute approximate surface area is 57.3 Å². The lowest BCUT2D eigenvalue weighted by atomic mass is 10.1. The van der Waals surface area contributed by atoms with Gasteiger partial charge in [0.2, 0.25) is 0 Å². The second kappa shape index (κ2) is 4.39. The highest BCUT2D eigenvalue weighted by molar-refractivity contribution is 4.72. The average Bonchev–Trinajstić information content (AvgIpc) is 1.82. The Kier molecular flexibility index (Phi) is 4.14. The van der Waals surface area contributed by atoms with Gasteiger partial charge in [-0.2, -0.15) is 0 Å². The molecule has 1 unspecified atom stereocenters. The molecule has 0 aromatic rings. The predicted molar refractivity (Wildman–Crippen MR) is 41.0 cm³/mol. The molecule has 9 heavy (non-hydrogen) atoms. The van der Waals surface area contributed by atoms with Gasteiger partial charge >= 0.3 is 0 Å². The van der Waals surface area contributed by atoms with Crippen molar-refractivity contribution in [1.29, 1.82) is 0 Å². The van der Waals surface area contributed by atoms with Crippen molar-refractivity contribution in [2.24, 2.45) is 5.92 Å².